The Morgan fingerprint density at radius 3 is 2.57 bits per heavy atom. The molecule has 2 aromatic carbocycles. The molecule has 0 radical (unpaired) electrons. The second kappa shape index (κ2) is 6.79. The van der Waals surface area contributed by atoms with E-state index in [1.165, 1.54) is 0 Å². The molecule has 0 heterocycles. The van der Waals surface area contributed by atoms with Crippen molar-refractivity contribution in [1.82, 2.24) is 0 Å². The van der Waals surface area contributed by atoms with Crippen LogP contribution >= 0.6 is 0 Å². The third-order valence-corrected chi connectivity index (χ3v) is 2.82. The van der Waals surface area contributed by atoms with Gasteiger partial charge in [-0.1, -0.05) is 18.2 Å². The summed E-state index contributed by atoms with van der Waals surface area (Å²) in [4.78, 5) is 12.4. The summed E-state index contributed by atoms with van der Waals surface area (Å²) in [7, 11) is 1.59. The molecule has 21 heavy (non-hydrogen) atoms. The molecule has 0 spiro atoms. The van der Waals surface area contributed by atoms with Crippen molar-refractivity contribution in [2.75, 3.05) is 12.4 Å². The number of methoxy groups -OCH3 is 1. The van der Waals surface area contributed by atoms with E-state index in [2.05, 4.69) is 5.32 Å². The zero-order valence-corrected chi connectivity index (χ0v) is 12.4. The number of nitrogens with one attached hydrogen (secondary N) is 1. The fourth-order valence-corrected chi connectivity index (χ4v) is 1.91. The van der Waals surface area contributed by atoms with Crippen LogP contribution in [-0.4, -0.2) is 19.1 Å². The molecule has 0 aliphatic rings. The second-order valence-electron chi connectivity index (χ2n) is 4.85. The van der Waals surface area contributed by atoms with E-state index in [0.717, 1.165) is 0 Å². The van der Waals surface area contributed by atoms with Crippen LogP contribution in [0.5, 0.6) is 11.5 Å². The molecular formula is C17H19NO3. The summed E-state index contributed by atoms with van der Waals surface area (Å²) in [5.41, 5.74) is 1.19. The van der Waals surface area contributed by atoms with Crippen LogP contribution in [0, 0.1) is 0 Å². The van der Waals surface area contributed by atoms with Crippen molar-refractivity contribution in [3.63, 3.8) is 0 Å². The molecule has 0 atom stereocenters. The van der Waals surface area contributed by atoms with Crippen LogP contribution in [0.4, 0.5) is 5.69 Å². The lowest BCUT2D eigenvalue weighted by molar-refractivity contribution is 0.102. The Balaban J connectivity index is 2.20. The molecular weight excluding hydrogens is 266 g/mol. The van der Waals surface area contributed by atoms with Crippen molar-refractivity contribution in [1.29, 1.82) is 0 Å². The molecule has 1 amide bonds. The quantitative estimate of drug-likeness (QED) is 0.910. The predicted octanol–water partition coefficient (Wildman–Crippen LogP) is 3.73. The monoisotopic (exact) mass is 285 g/mol. The largest absolute Gasteiger partial charge is 0.497 e. The number of carbonyl (C=O) groups is 1. The second-order valence-corrected chi connectivity index (χ2v) is 4.85. The lowest BCUT2D eigenvalue weighted by atomic mass is 10.1. The number of carbonyl (C=O) groups excluding carboxylic acids is 1. The van der Waals surface area contributed by atoms with Crippen LogP contribution < -0.4 is 14.8 Å². The first-order valence-corrected chi connectivity index (χ1v) is 6.81. The van der Waals surface area contributed by atoms with Crippen molar-refractivity contribution in [3.8, 4) is 11.5 Å². The molecule has 0 saturated carbocycles. The Kier molecular flexibility index (Phi) is 4.82. The van der Waals surface area contributed by atoms with Gasteiger partial charge in [-0.2, -0.15) is 0 Å². The Morgan fingerprint density at radius 1 is 1.10 bits per heavy atom. The average molecular weight is 285 g/mol. The van der Waals surface area contributed by atoms with Crippen molar-refractivity contribution in [3.05, 3.63) is 54.1 Å². The third-order valence-electron chi connectivity index (χ3n) is 2.82. The number of benzene rings is 2. The Bertz CT molecular complexity index is 623. The van der Waals surface area contributed by atoms with Gasteiger partial charge in [0.05, 0.1) is 18.8 Å². The van der Waals surface area contributed by atoms with Crippen LogP contribution in [-0.2, 0) is 0 Å². The van der Waals surface area contributed by atoms with Gasteiger partial charge in [0.25, 0.3) is 5.91 Å². The van der Waals surface area contributed by atoms with E-state index in [-0.39, 0.29) is 12.0 Å². The topological polar surface area (TPSA) is 47.6 Å². The number of hydrogen-bond donors (Lipinski definition) is 1. The minimum atomic E-state index is -0.209. The Hall–Kier alpha value is -2.49. The van der Waals surface area contributed by atoms with E-state index in [1.54, 1.807) is 25.3 Å². The van der Waals surface area contributed by atoms with Gasteiger partial charge in [0.1, 0.15) is 11.5 Å². The van der Waals surface area contributed by atoms with E-state index in [9.17, 15) is 4.79 Å². The number of para-hydroxylation sites is 1. The molecule has 0 aromatic heterocycles. The van der Waals surface area contributed by atoms with Gasteiger partial charge < -0.3 is 14.8 Å². The van der Waals surface area contributed by atoms with Crippen molar-refractivity contribution in [2.24, 2.45) is 0 Å². The molecule has 0 unspecified atom stereocenters. The molecule has 2 rings (SSSR count). The van der Waals surface area contributed by atoms with Crippen molar-refractivity contribution >= 4 is 11.6 Å². The van der Waals surface area contributed by atoms with Gasteiger partial charge in [-0.15, -0.1) is 0 Å². The number of anilines is 1. The van der Waals surface area contributed by atoms with Gasteiger partial charge in [-0.05, 0) is 38.1 Å². The first kappa shape index (κ1) is 14.9. The standard InChI is InChI=1S/C17H19NO3/c1-12(2)21-16-10-5-4-9-15(16)17(19)18-13-7-6-8-14(11-13)20-3/h4-12H,1-3H3,(H,18,19). The van der Waals surface area contributed by atoms with Gasteiger partial charge in [0.2, 0.25) is 0 Å². The maximum absolute atomic E-state index is 12.4. The molecule has 0 aliphatic carbocycles. The van der Waals surface area contributed by atoms with Gasteiger partial charge in [0, 0.05) is 11.8 Å². The van der Waals surface area contributed by atoms with Crippen LogP contribution in [0.25, 0.3) is 0 Å². The highest BCUT2D eigenvalue weighted by atomic mass is 16.5. The normalized spacial score (nSPS) is 10.3. The number of hydrogen-bond acceptors (Lipinski definition) is 3. The molecule has 0 saturated heterocycles. The lowest BCUT2D eigenvalue weighted by Gasteiger charge is -2.14. The first-order valence-electron chi connectivity index (χ1n) is 6.81. The maximum Gasteiger partial charge on any atom is 0.259 e. The molecule has 4 heteroatoms. The van der Waals surface area contributed by atoms with Crippen LogP contribution in [0.15, 0.2) is 48.5 Å². The lowest BCUT2D eigenvalue weighted by Crippen LogP contribution is -2.15. The zero-order chi connectivity index (χ0) is 15.2. The SMILES string of the molecule is COc1cccc(NC(=O)c2ccccc2OC(C)C)c1. The van der Waals surface area contributed by atoms with Gasteiger partial charge in [-0.3, -0.25) is 4.79 Å². The molecule has 0 aliphatic heterocycles. The van der Waals surface area contributed by atoms with E-state index in [4.69, 9.17) is 9.47 Å². The Morgan fingerprint density at radius 2 is 1.86 bits per heavy atom. The molecule has 0 bridgehead atoms. The van der Waals surface area contributed by atoms with Gasteiger partial charge >= 0.3 is 0 Å². The van der Waals surface area contributed by atoms with E-state index in [0.29, 0.717) is 22.7 Å². The average Bonchev–Trinajstić information content (AvgIpc) is 2.47. The van der Waals surface area contributed by atoms with Crippen LogP contribution in [0.2, 0.25) is 0 Å². The summed E-state index contributed by atoms with van der Waals surface area (Å²) >= 11 is 0. The minimum absolute atomic E-state index is 0.00997. The number of ether oxygens (including phenoxy) is 2. The number of amides is 1. The Labute approximate surface area is 124 Å². The summed E-state index contributed by atoms with van der Waals surface area (Å²) in [5.74, 6) is 1.06. The summed E-state index contributed by atoms with van der Waals surface area (Å²) < 4.78 is 10.8. The molecule has 4 nitrogen and oxygen atoms in total. The van der Waals surface area contributed by atoms with Gasteiger partial charge in [-0.25, -0.2) is 0 Å². The fourth-order valence-electron chi connectivity index (χ4n) is 1.91. The molecule has 0 fully saturated rings. The fraction of sp³-hybridized carbons (Fsp3) is 0.235. The first-order chi connectivity index (χ1) is 10.1. The highest BCUT2D eigenvalue weighted by molar-refractivity contribution is 6.06. The van der Waals surface area contributed by atoms with E-state index < -0.39 is 0 Å². The minimum Gasteiger partial charge on any atom is -0.497 e. The third kappa shape index (κ3) is 3.99. The summed E-state index contributed by atoms with van der Waals surface area (Å²) in [6.07, 6.45) is 0.00997. The zero-order valence-electron chi connectivity index (χ0n) is 12.4. The van der Waals surface area contributed by atoms with Crippen molar-refractivity contribution < 1.29 is 14.3 Å². The summed E-state index contributed by atoms with van der Waals surface area (Å²) in [6.45, 7) is 3.85. The van der Waals surface area contributed by atoms with Gasteiger partial charge in [0.15, 0.2) is 0 Å². The molecule has 110 valence electrons. The summed E-state index contributed by atoms with van der Waals surface area (Å²) in [6, 6.07) is 14.4. The highest BCUT2D eigenvalue weighted by Crippen LogP contribution is 2.22. The summed E-state index contributed by atoms with van der Waals surface area (Å²) in [5, 5.41) is 2.85. The van der Waals surface area contributed by atoms with Crippen LogP contribution in [0.1, 0.15) is 24.2 Å². The van der Waals surface area contributed by atoms with Crippen LogP contribution in [0.3, 0.4) is 0 Å². The maximum atomic E-state index is 12.4. The van der Waals surface area contributed by atoms with E-state index in [1.807, 2.05) is 44.2 Å². The molecule has 1 N–H and O–H groups in total. The van der Waals surface area contributed by atoms with E-state index >= 15 is 0 Å². The molecule has 2 aromatic rings. The smallest absolute Gasteiger partial charge is 0.259 e. The highest BCUT2D eigenvalue weighted by Gasteiger charge is 2.13. The van der Waals surface area contributed by atoms with Crippen molar-refractivity contribution in [2.45, 2.75) is 20.0 Å². The predicted molar refractivity (Wildman–Crippen MR) is 83.2 cm³/mol. The number of rotatable bonds is 5.